The van der Waals surface area contributed by atoms with Gasteiger partial charge in [0, 0.05) is 5.33 Å². The van der Waals surface area contributed by atoms with Gasteiger partial charge in [0.05, 0.1) is 13.2 Å². The Morgan fingerprint density at radius 2 is 1.75 bits per heavy atom. The van der Waals surface area contributed by atoms with Crippen molar-refractivity contribution in [2.45, 2.75) is 52.4 Å². The maximum atomic E-state index is 12.7. The highest BCUT2D eigenvalue weighted by atomic mass is 79.9. The number of nitrogens with one attached hydrogen (secondary N) is 1. The van der Waals surface area contributed by atoms with Gasteiger partial charge in [-0.25, -0.2) is 4.79 Å². The van der Waals surface area contributed by atoms with Crippen molar-refractivity contribution in [3.05, 3.63) is 0 Å². The summed E-state index contributed by atoms with van der Waals surface area (Å²) in [4.78, 5) is 11.8. The van der Waals surface area contributed by atoms with Gasteiger partial charge in [-0.05, 0) is 41.0 Å². The zero-order chi connectivity index (χ0) is 15.8. The molecule has 0 bridgehead atoms. The molecule has 120 valence electrons. The molecule has 20 heavy (non-hydrogen) atoms. The summed E-state index contributed by atoms with van der Waals surface area (Å²) in [7, 11) is -3.41. The van der Waals surface area contributed by atoms with Crippen molar-refractivity contribution in [2.24, 2.45) is 0 Å². The lowest BCUT2D eigenvalue weighted by Gasteiger charge is -2.28. The van der Waals surface area contributed by atoms with Crippen molar-refractivity contribution < 1.29 is 23.1 Å². The molecule has 8 heteroatoms. The largest absolute Gasteiger partial charge is 0.444 e. The Kier molecular flexibility index (Phi) is 8.98. The molecular formula is C12H25BrNO5P. The Balaban J connectivity index is 4.92. The minimum absolute atomic E-state index is 0.242. The third-order valence-electron chi connectivity index (χ3n) is 2.07. The lowest BCUT2D eigenvalue weighted by atomic mass is 10.2. The summed E-state index contributed by atoms with van der Waals surface area (Å²) in [6.45, 7) is 9.22. The predicted molar refractivity (Wildman–Crippen MR) is 82.4 cm³/mol. The molecule has 0 unspecified atom stereocenters. The van der Waals surface area contributed by atoms with E-state index in [0.29, 0.717) is 11.8 Å². The lowest BCUT2D eigenvalue weighted by molar-refractivity contribution is 0.0508. The van der Waals surface area contributed by atoms with Gasteiger partial charge in [-0.15, -0.1) is 0 Å². The van der Waals surface area contributed by atoms with E-state index in [-0.39, 0.29) is 13.2 Å². The van der Waals surface area contributed by atoms with Crippen LogP contribution in [-0.2, 0) is 18.3 Å². The van der Waals surface area contributed by atoms with Crippen molar-refractivity contribution >= 4 is 29.6 Å². The van der Waals surface area contributed by atoms with Crippen LogP contribution in [0.4, 0.5) is 4.79 Å². The molecule has 0 saturated carbocycles. The Morgan fingerprint density at radius 1 is 1.25 bits per heavy atom. The number of rotatable bonds is 8. The van der Waals surface area contributed by atoms with Crippen LogP contribution in [0.5, 0.6) is 0 Å². The number of halogens is 1. The molecule has 0 rings (SSSR count). The number of amides is 1. The number of alkyl carbamates (subject to hydrolysis) is 1. The number of ether oxygens (including phenoxy) is 1. The molecule has 0 saturated heterocycles. The quantitative estimate of drug-likeness (QED) is 0.516. The lowest BCUT2D eigenvalue weighted by Crippen LogP contribution is -2.40. The van der Waals surface area contributed by atoms with E-state index in [4.69, 9.17) is 13.8 Å². The van der Waals surface area contributed by atoms with E-state index in [1.165, 1.54) is 0 Å². The van der Waals surface area contributed by atoms with Crippen LogP contribution in [0, 0.1) is 0 Å². The van der Waals surface area contributed by atoms with E-state index in [2.05, 4.69) is 21.2 Å². The van der Waals surface area contributed by atoms with Crippen molar-refractivity contribution in [3.63, 3.8) is 0 Å². The fourth-order valence-corrected chi connectivity index (χ4v) is 4.11. The van der Waals surface area contributed by atoms with Gasteiger partial charge >= 0.3 is 13.7 Å². The average Bonchev–Trinajstić information content (AvgIpc) is 2.26. The SMILES string of the molecule is CCOP(=O)(OCC)[C@@H](CCBr)NC(=O)OC(C)(C)C. The first-order chi connectivity index (χ1) is 9.18. The van der Waals surface area contributed by atoms with Gasteiger partial charge in [0.2, 0.25) is 0 Å². The second-order valence-electron chi connectivity index (χ2n) is 5.02. The normalized spacial score (nSPS) is 13.9. The van der Waals surface area contributed by atoms with E-state index >= 15 is 0 Å². The van der Waals surface area contributed by atoms with Crippen LogP contribution >= 0.6 is 23.5 Å². The highest BCUT2D eigenvalue weighted by Gasteiger charge is 2.37. The summed E-state index contributed by atoms with van der Waals surface area (Å²) in [5.74, 6) is -0.739. The second kappa shape index (κ2) is 9.03. The summed E-state index contributed by atoms with van der Waals surface area (Å²) in [6.07, 6.45) is -0.223. The predicted octanol–water partition coefficient (Wildman–Crippen LogP) is 3.89. The van der Waals surface area contributed by atoms with Crippen LogP contribution in [0.2, 0.25) is 0 Å². The molecule has 0 radical (unpaired) electrons. The molecule has 0 spiro atoms. The number of carbonyl (C=O) groups is 1. The van der Waals surface area contributed by atoms with Crippen LogP contribution in [0.15, 0.2) is 0 Å². The summed E-state index contributed by atoms with van der Waals surface area (Å²) in [6, 6.07) is 0. The minimum atomic E-state index is -3.41. The van der Waals surface area contributed by atoms with E-state index < -0.39 is 25.1 Å². The molecule has 0 aromatic heterocycles. The Morgan fingerprint density at radius 3 is 2.10 bits per heavy atom. The minimum Gasteiger partial charge on any atom is -0.444 e. The smallest absolute Gasteiger partial charge is 0.408 e. The highest BCUT2D eigenvalue weighted by Crippen LogP contribution is 2.53. The van der Waals surface area contributed by atoms with Gasteiger partial charge in [0.25, 0.3) is 0 Å². The molecule has 1 N–H and O–H groups in total. The molecule has 0 aliphatic carbocycles. The first-order valence-corrected chi connectivity index (χ1v) is 9.36. The zero-order valence-corrected chi connectivity index (χ0v) is 15.3. The number of hydrogen-bond donors (Lipinski definition) is 1. The zero-order valence-electron chi connectivity index (χ0n) is 12.8. The summed E-state index contributed by atoms with van der Waals surface area (Å²) in [5, 5.41) is 3.13. The Hall–Kier alpha value is -0.100. The molecular weight excluding hydrogens is 349 g/mol. The third-order valence-corrected chi connectivity index (χ3v) is 4.91. The fourth-order valence-electron chi connectivity index (χ4n) is 1.43. The van der Waals surface area contributed by atoms with Crippen LogP contribution in [0.25, 0.3) is 0 Å². The van der Waals surface area contributed by atoms with Crippen molar-refractivity contribution in [3.8, 4) is 0 Å². The molecule has 0 heterocycles. The molecule has 0 aromatic rings. The van der Waals surface area contributed by atoms with Gasteiger partial charge in [-0.3, -0.25) is 4.57 Å². The molecule has 0 aliphatic heterocycles. The van der Waals surface area contributed by atoms with Gasteiger partial charge in [-0.1, -0.05) is 15.9 Å². The van der Waals surface area contributed by atoms with Crippen LogP contribution in [0.1, 0.15) is 41.0 Å². The van der Waals surface area contributed by atoms with Gasteiger partial charge in [0.15, 0.2) is 0 Å². The molecule has 0 aromatic carbocycles. The van der Waals surface area contributed by atoms with Crippen LogP contribution in [-0.4, -0.2) is 36.0 Å². The van der Waals surface area contributed by atoms with Crippen molar-refractivity contribution in [2.75, 3.05) is 18.5 Å². The van der Waals surface area contributed by atoms with E-state index in [9.17, 15) is 9.36 Å². The third kappa shape index (κ3) is 7.62. The molecule has 0 aliphatic rings. The van der Waals surface area contributed by atoms with Gasteiger partial charge < -0.3 is 19.1 Å². The van der Waals surface area contributed by atoms with Crippen LogP contribution in [0.3, 0.4) is 0 Å². The Labute approximate surface area is 129 Å². The second-order valence-corrected chi connectivity index (χ2v) is 8.03. The first kappa shape index (κ1) is 19.9. The standard InChI is InChI=1S/C12H25BrNO5P/c1-6-17-20(16,18-7-2)10(8-9-13)14-11(15)19-12(3,4)5/h10H,6-9H2,1-5H3,(H,14,15)/t10-/m0/s1. The van der Waals surface area contributed by atoms with E-state index in [1.54, 1.807) is 34.6 Å². The molecule has 1 amide bonds. The summed E-state index contributed by atoms with van der Waals surface area (Å²) < 4.78 is 28.4. The highest BCUT2D eigenvalue weighted by molar-refractivity contribution is 9.09. The van der Waals surface area contributed by atoms with Crippen molar-refractivity contribution in [1.29, 1.82) is 0 Å². The maximum absolute atomic E-state index is 12.7. The maximum Gasteiger partial charge on any atom is 0.408 e. The summed E-state index contributed by atoms with van der Waals surface area (Å²) in [5.41, 5.74) is -0.621. The molecule has 1 atom stereocenters. The molecule has 0 fully saturated rings. The van der Waals surface area contributed by atoms with Gasteiger partial charge in [0.1, 0.15) is 11.4 Å². The van der Waals surface area contributed by atoms with E-state index in [1.807, 2.05) is 0 Å². The average molecular weight is 374 g/mol. The summed E-state index contributed by atoms with van der Waals surface area (Å²) >= 11 is 3.27. The van der Waals surface area contributed by atoms with Crippen molar-refractivity contribution in [1.82, 2.24) is 5.32 Å². The molecule has 6 nitrogen and oxygen atoms in total. The van der Waals surface area contributed by atoms with Gasteiger partial charge in [-0.2, -0.15) is 0 Å². The number of carbonyl (C=O) groups excluding carboxylic acids is 1. The monoisotopic (exact) mass is 373 g/mol. The first-order valence-electron chi connectivity index (χ1n) is 6.62. The fraction of sp³-hybridized carbons (Fsp3) is 0.917. The Bertz CT molecular complexity index is 335. The number of alkyl halides is 1. The van der Waals surface area contributed by atoms with E-state index in [0.717, 1.165) is 0 Å². The number of hydrogen-bond acceptors (Lipinski definition) is 5. The van der Waals surface area contributed by atoms with Crippen LogP contribution < -0.4 is 5.32 Å². The topological polar surface area (TPSA) is 73.9 Å².